The first kappa shape index (κ1) is 28.3. The van der Waals surface area contributed by atoms with Gasteiger partial charge in [0, 0.05) is 25.4 Å². The Hall–Kier alpha value is -4.32. The maximum absolute atomic E-state index is 14.1. The lowest BCUT2D eigenvalue weighted by atomic mass is 10.2. The molecular formula is C26H29F3N6O3. The Morgan fingerprint density at radius 1 is 1.00 bits per heavy atom. The number of hydrogen-bond donors (Lipinski definition) is 3. The second kappa shape index (κ2) is 12.8. The fourth-order valence-electron chi connectivity index (χ4n) is 3.57. The lowest BCUT2D eigenvalue weighted by Gasteiger charge is -2.24. The largest absolute Gasteiger partial charge is 0.491 e. The minimum absolute atomic E-state index is 0.0776. The highest BCUT2D eigenvalue weighted by molar-refractivity contribution is 6.04. The number of nitrogens with one attached hydrogen (secondary N) is 2. The minimum atomic E-state index is -1.70. The molecule has 2 aromatic carbocycles. The lowest BCUT2D eigenvalue weighted by molar-refractivity contribution is 0.102. The summed E-state index contributed by atoms with van der Waals surface area (Å²) >= 11 is 0. The van der Waals surface area contributed by atoms with Crippen LogP contribution in [-0.2, 0) is 6.54 Å². The fraction of sp³-hybridized carbons (Fsp3) is 0.269. The Balaban J connectivity index is 1.76. The maximum Gasteiger partial charge on any atom is 0.322 e. The molecule has 0 bridgehead atoms. The zero-order valence-electron chi connectivity index (χ0n) is 21.2. The molecule has 0 spiro atoms. The molecule has 0 fully saturated rings. The highest BCUT2D eigenvalue weighted by Gasteiger charge is 2.23. The van der Waals surface area contributed by atoms with Gasteiger partial charge in [0.2, 0.25) is 5.82 Å². The molecule has 9 nitrogen and oxygen atoms in total. The maximum atomic E-state index is 14.1. The molecular weight excluding hydrogens is 501 g/mol. The molecule has 38 heavy (non-hydrogen) atoms. The Labute approximate surface area is 218 Å². The van der Waals surface area contributed by atoms with E-state index in [0.717, 1.165) is 7.11 Å². The van der Waals surface area contributed by atoms with Gasteiger partial charge in [0.1, 0.15) is 5.69 Å². The number of urea groups is 1. The van der Waals surface area contributed by atoms with Gasteiger partial charge in [0.25, 0.3) is 5.91 Å². The summed E-state index contributed by atoms with van der Waals surface area (Å²) in [4.78, 5) is 33.2. The quantitative estimate of drug-likeness (QED) is 0.266. The van der Waals surface area contributed by atoms with Crippen LogP contribution in [0.4, 0.5) is 35.0 Å². The highest BCUT2D eigenvalue weighted by Crippen LogP contribution is 2.31. The summed E-state index contributed by atoms with van der Waals surface area (Å²) in [6, 6.07) is 9.93. The summed E-state index contributed by atoms with van der Waals surface area (Å²) in [5.41, 5.74) is 7.12. The highest BCUT2D eigenvalue weighted by atomic mass is 19.2. The second-order valence-corrected chi connectivity index (χ2v) is 8.67. The monoisotopic (exact) mass is 530 g/mol. The summed E-state index contributed by atoms with van der Waals surface area (Å²) in [6.45, 7) is 1.04. The average molecular weight is 531 g/mol. The number of aromatic nitrogens is 1. The molecule has 202 valence electrons. The molecule has 0 aliphatic heterocycles. The Morgan fingerprint density at radius 3 is 2.37 bits per heavy atom. The standard InChI is InChI=1S/C26H29F3N6O3/c1-34(2)11-6-12-35(26(37)33-21-13-17(27)22(28)23(29)24(21)38-3)15-16-9-10-20(31-14-16)25(36)32-19-8-5-4-7-18(19)30/h4-5,7-10,13-14H,6,11-12,15,30H2,1-3H3,(H,32,36)(H,33,37). The predicted molar refractivity (Wildman–Crippen MR) is 139 cm³/mol. The van der Waals surface area contributed by atoms with Gasteiger partial charge in [0.05, 0.1) is 24.2 Å². The number of nitrogens with two attached hydrogens (primary N) is 1. The van der Waals surface area contributed by atoms with Crippen molar-refractivity contribution in [3.05, 3.63) is 77.4 Å². The first-order valence-corrected chi connectivity index (χ1v) is 11.6. The van der Waals surface area contributed by atoms with Gasteiger partial charge in [-0.15, -0.1) is 0 Å². The van der Waals surface area contributed by atoms with Crippen LogP contribution in [-0.4, -0.2) is 61.0 Å². The smallest absolute Gasteiger partial charge is 0.322 e. The van der Waals surface area contributed by atoms with Crippen LogP contribution in [0, 0.1) is 17.5 Å². The molecule has 12 heteroatoms. The van der Waals surface area contributed by atoms with Gasteiger partial charge in [-0.25, -0.2) is 13.6 Å². The van der Waals surface area contributed by atoms with Crippen molar-refractivity contribution >= 4 is 29.0 Å². The van der Waals surface area contributed by atoms with Crippen LogP contribution in [0.2, 0.25) is 0 Å². The Bertz CT molecular complexity index is 1290. The normalized spacial score (nSPS) is 10.8. The van der Waals surface area contributed by atoms with Gasteiger partial charge < -0.3 is 30.9 Å². The van der Waals surface area contributed by atoms with Gasteiger partial charge >= 0.3 is 6.03 Å². The summed E-state index contributed by atoms with van der Waals surface area (Å²) in [6.07, 6.45) is 2.05. The number of anilines is 3. The van der Waals surface area contributed by atoms with Crippen LogP contribution in [0.5, 0.6) is 5.75 Å². The topological polar surface area (TPSA) is 113 Å². The first-order valence-electron chi connectivity index (χ1n) is 11.6. The zero-order valence-corrected chi connectivity index (χ0v) is 21.2. The van der Waals surface area contributed by atoms with E-state index in [4.69, 9.17) is 10.5 Å². The predicted octanol–water partition coefficient (Wildman–Crippen LogP) is 4.33. The third-order valence-corrected chi connectivity index (χ3v) is 5.52. The average Bonchev–Trinajstić information content (AvgIpc) is 2.88. The molecule has 0 atom stereocenters. The van der Waals surface area contributed by atoms with Gasteiger partial charge in [-0.1, -0.05) is 18.2 Å². The van der Waals surface area contributed by atoms with E-state index >= 15 is 0 Å². The van der Waals surface area contributed by atoms with Crippen LogP contribution < -0.4 is 21.1 Å². The van der Waals surface area contributed by atoms with E-state index in [1.165, 1.54) is 17.2 Å². The number of hydrogen-bond acceptors (Lipinski definition) is 6. The Kier molecular flexibility index (Phi) is 9.49. The summed E-state index contributed by atoms with van der Waals surface area (Å²) in [5, 5.41) is 5.09. The van der Waals surface area contributed by atoms with Crippen LogP contribution in [0.1, 0.15) is 22.5 Å². The molecule has 1 aromatic heterocycles. The number of pyridine rings is 1. The number of rotatable bonds is 10. The van der Waals surface area contributed by atoms with E-state index in [2.05, 4.69) is 15.6 Å². The second-order valence-electron chi connectivity index (χ2n) is 8.67. The van der Waals surface area contributed by atoms with Gasteiger partial charge in [0.15, 0.2) is 17.4 Å². The molecule has 0 unspecified atom stereocenters. The van der Waals surface area contributed by atoms with Crippen molar-refractivity contribution in [1.82, 2.24) is 14.8 Å². The van der Waals surface area contributed by atoms with Gasteiger partial charge in [-0.05, 0) is 50.8 Å². The number of carbonyl (C=O) groups is 2. The fourth-order valence-corrected chi connectivity index (χ4v) is 3.57. The molecule has 0 saturated carbocycles. The molecule has 4 N–H and O–H groups in total. The van der Waals surface area contributed by atoms with Gasteiger partial charge in [-0.3, -0.25) is 9.78 Å². The molecule has 0 aliphatic rings. The summed E-state index contributed by atoms with van der Waals surface area (Å²) in [5.74, 6) is -5.79. The minimum Gasteiger partial charge on any atom is -0.491 e. The SMILES string of the molecule is COc1c(NC(=O)N(CCCN(C)C)Cc2ccc(C(=O)Nc3ccccc3N)nc2)cc(F)c(F)c1F. The van der Waals surface area contributed by atoms with Crippen molar-refractivity contribution in [2.75, 3.05) is 50.7 Å². The lowest BCUT2D eigenvalue weighted by Crippen LogP contribution is -2.36. The van der Waals surface area contributed by atoms with Crippen molar-refractivity contribution in [2.24, 2.45) is 0 Å². The number of para-hydroxylation sites is 2. The number of nitrogen functional groups attached to an aromatic ring is 1. The number of ether oxygens (including phenoxy) is 1. The van der Waals surface area contributed by atoms with E-state index in [-0.39, 0.29) is 24.5 Å². The molecule has 1 heterocycles. The summed E-state index contributed by atoms with van der Waals surface area (Å²) in [7, 11) is 4.85. The van der Waals surface area contributed by atoms with E-state index in [1.807, 2.05) is 19.0 Å². The van der Waals surface area contributed by atoms with Crippen LogP contribution in [0.3, 0.4) is 0 Å². The van der Waals surface area contributed by atoms with E-state index in [1.54, 1.807) is 30.3 Å². The zero-order chi connectivity index (χ0) is 27.8. The molecule has 3 aromatic rings. The summed E-state index contributed by atoms with van der Waals surface area (Å²) < 4.78 is 46.4. The third-order valence-electron chi connectivity index (χ3n) is 5.52. The number of methoxy groups -OCH3 is 1. The number of benzene rings is 2. The number of carbonyl (C=O) groups excluding carboxylic acids is 2. The molecule has 0 aliphatic carbocycles. The first-order chi connectivity index (χ1) is 18.1. The van der Waals surface area contributed by atoms with E-state index < -0.39 is 35.1 Å². The third kappa shape index (κ3) is 7.13. The number of halogens is 3. The number of amides is 3. The van der Waals surface area contributed by atoms with Crippen molar-refractivity contribution in [3.8, 4) is 5.75 Å². The van der Waals surface area contributed by atoms with E-state index in [0.29, 0.717) is 36.0 Å². The van der Waals surface area contributed by atoms with Crippen molar-refractivity contribution in [2.45, 2.75) is 13.0 Å². The molecule has 0 radical (unpaired) electrons. The van der Waals surface area contributed by atoms with Crippen LogP contribution >= 0.6 is 0 Å². The van der Waals surface area contributed by atoms with Crippen LogP contribution in [0.25, 0.3) is 0 Å². The van der Waals surface area contributed by atoms with Crippen molar-refractivity contribution in [1.29, 1.82) is 0 Å². The molecule has 3 amide bonds. The molecule has 3 rings (SSSR count). The molecule has 0 saturated heterocycles. The van der Waals surface area contributed by atoms with Crippen LogP contribution in [0.15, 0.2) is 48.7 Å². The van der Waals surface area contributed by atoms with E-state index in [9.17, 15) is 22.8 Å². The van der Waals surface area contributed by atoms with Crippen molar-refractivity contribution in [3.63, 3.8) is 0 Å². The van der Waals surface area contributed by atoms with Crippen molar-refractivity contribution < 1.29 is 27.5 Å². The van der Waals surface area contributed by atoms with Gasteiger partial charge in [-0.2, -0.15) is 4.39 Å². The number of nitrogens with zero attached hydrogens (tertiary/aromatic N) is 3. The Morgan fingerprint density at radius 2 is 1.74 bits per heavy atom.